The molecule has 0 saturated carbocycles. The molecule has 1 aromatic carbocycles. The van der Waals surface area contributed by atoms with Crippen LogP contribution in [0.2, 0.25) is 5.02 Å². The summed E-state index contributed by atoms with van der Waals surface area (Å²) < 4.78 is 4.98. The molecule has 0 aromatic heterocycles. The molecule has 0 aliphatic heterocycles. The summed E-state index contributed by atoms with van der Waals surface area (Å²) in [5, 5.41) is 14.1. The van der Waals surface area contributed by atoms with Gasteiger partial charge >= 0.3 is 12.0 Å². The van der Waals surface area contributed by atoms with Crippen molar-refractivity contribution < 1.29 is 19.4 Å². The maximum atomic E-state index is 11.5. The van der Waals surface area contributed by atoms with Gasteiger partial charge in [-0.15, -0.1) is 0 Å². The molecule has 0 aliphatic rings. The van der Waals surface area contributed by atoms with Crippen LogP contribution in [-0.2, 0) is 4.79 Å². The molecular weight excluding hydrogens is 272 g/mol. The molecule has 6 nitrogen and oxygen atoms in total. The molecule has 1 atom stereocenters. The van der Waals surface area contributed by atoms with Crippen LogP contribution in [0.15, 0.2) is 18.2 Å². The molecule has 1 rings (SSSR count). The Bertz CT molecular complexity index is 479. The summed E-state index contributed by atoms with van der Waals surface area (Å²) in [5.41, 5.74) is 0.492. The van der Waals surface area contributed by atoms with E-state index in [0.717, 1.165) is 0 Å². The third kappa shape index (κ3) is 4.67. The number of carbonyl (C=O) groups excluding carboxylic acids is 1. The van der Waals surface area contributed by atoms with Gasteiger partial charge in [-0.2, -0.15) is 0 Å². The molecule has 0 bridgehead atoms. The fourth-order valence-electron chi connectivity index (χ4n) is 1.25. The predicted molar refractivity (Wildman–Crippen MR) is 71.8 cm³/mol. The SMILES string of the molecule is COc1ccc(NC(=O)NCC(C)C(=O)O)cc1Cl. The van der Waals surface area contributed by atoms with Crippen molar-refractivity contribution in [3.63, 3.8) is 0 Å². The van der Waals surface area contributed by atoms with Gasteiger partial charge in [-0.1, -0.05) is 18.5 Å². The summed E-state index contributed by atoms with van der Waals surface area (Å²) in [6.07, 6.45) is 0. The molecule has 1 aromatic rings. The zero-order chi connectivity index (χ0) is 14.4. The Morgan fingerprint density at radius 1 is 1.47 bits per heavy atom. The number of hydrogen-bond acceptors (Lipinski definition) is 3. The van der Waals surface area contributed by atoms with E-state index < -0.39 is 17.9 Å². The maximum Gasteiger partial charge on any atom is 0.319 e. The summed E-state index contributed by atoms with van der Waals surface area (Å²) in [4.78, 5) is 22.1. The van der Waals surface area contributed by atoms with E-state index in [1.807, 2.05) is 0 Å². The Morgan fingerprint density at radius 2 is 2.16 bits per heavy atom. The topological polar surface area (TPSA) is 87.7 Å². The van der Waals surface area contributed by atoms with E-state index in [0.29, 0.717) is 16.5 Å². The van der Waals surface area contributed by atoms with Crippen LogP contribution >= 0.6 is 11.6 Å². The van der Waals surface area contributed by atoms with Crippen molar-refractivity contribution >= 4 is 29.3 Å². The largest absolute Gasteiger partial charge is 0.495 e. The van der Waals surface area contributed by atoms with Crippen LogP contribution in [0.1, 0.15) is 6.92 Å². The van der Waals surface area contributed by atoms with E-state index in [2.05, 4.69) is 10.6 Å². The fraction of sp³-hybridized carbons (Fsp3) is 0.333. The van der Waals surface area contributed by atoms with E-state index >= 15 is 0 Å². The summed E-state index contributed by atoms with van der Waals surface area (Å²) in [5.74, 6) is -1.11. The van der Waals surface area contributed by atoms with Crippen molar-refractivity contribution in [3.8, 4) is 5.75 Å². The number of halogens is 1. The lowest BCUT2D eigenvalue weighted by atomic mass is 10.2. The van der Waals surface area contributed by atoms with Gasteiger partial charge < -0.3 is 20.5 Å². The quantitative estimate of drug-likeness (QED) is 0.774. The first-order valence-corrected chi connectivity index (χ1v) is 5.93. The number of anilines is 1. The van der Waals surface area contributed by atoms with Crippen LogP contribution in [-0.4, -0.2) is 30.8 Å². The molecule has 104 valence electrons. The lowest BCUT2D eigenvalue weighted by Crippen LogP contribution is -2.34. The van der Waals surface area contributed by atoms with Gasteiger partial charge in [0.1, 0.15) is 5.75 Å². The minimum Gasteiger partial charge on any atom is -0.495 e. The Hall–Kier alpha value is -1.95. The molecule has 0 radical (unpaired) electrons. The van der Waals surface area contributed by atoms with Crippen molar-refractivity contribution in [2.24, 2.45) is 5.92 Å². The number of carboxylic acids is 1. The fourth-order valence-corrected chi connectivity index (χ4v) is 1.51. The highest BCUT2D eigenvalue weighted by atomic mass is 35.5. The Labute approximate surface area is 115 Å². The van der Waals surface area contributed by atoms with Gasteiger partial charge in [0.25, 0.3) is 0 Å². The van der Waals surface area contributed by atoms with Gasteiger partial charge in [-0.3, -0.25) is 4.79 Å². The lowest BCUT2D eigenvalue weighted by molar-refractivity contribution is -0.140. The minimum atomic E-state index is -0.965. The lowest BCUT2D eigenvalue weighted by Gasteiger charge is -2.11. The van der Waals surface area contributed by atoms with Crippen LogP contribution in [0.25, 0.3) is 0 Å². The molecule has 0 fully saturated rings. The second-order valence-corrected chi connectivity index (χ2v) is 4.33. The maximum absolute atomic E-state index is 11.5. The van der Waals surface area contributed by atoms with Gasteiger partial charge in [0.15, 0.2) is 0 Å². The molecule has 2 amide bonds. The highest BCUT2D eigenvalue weighted by molar-refractivity contribution is 6.32. The molecule has 7 heteroatoms. The molecule has 1 unspecified atom stereocenters. The van der Waals surface area contributed by atoms with Gasteiger partial charge in [0, 0.05) is 12.2 Å². The number of methoxy groups -OCH3 is 1. The third-order valence-corrected chi connectivity index (χ3v) is 2.70. The first kappa shape index (κ1) is 15.1. The smallest absolute Gasteiger partial charge is 0.319 e. The summed E-state index contributed by atoms with van der Waals surface area (Å²) >= 11 is 5.91. The van der Waals surface area contributed by atoms with Crippen LogP contribution in [0, 0.1) is 5.92 Å². The van der Waals surface area contributed by atoms with Crippen LogP contribution in [0.5, 0.6) is 5.75 Å². The average molecular weight is 287 g/mol. The van der Waals surface area contributed by atoms with Crippen molar-refractivity contribution in [3.05, 3.63) is 23.2 Å². The first-order valence-electron chi connectivity index (χ1n) is 5.55. The molecule has 0 aliphatic carbocycles. The number of rotatable bonds is 5. The van der Waals surface area contributed by atoms with E-state index in [4.69, 9.17) is 21.4 Å². The van der Waals surface area contributed by atoms with E-state index in [-0.39, 0.29) is 6.54 Å². The number of hydrogen-bond donors (Lipinski definition) is 3. The van der Waals surface area contributed by atoms with E-state index in [9.17, 15) is 9.59 Å². The number of ether oxygens (including phenoxy) is 1. The number of amides is 2. The molecule has 0 heterocycles. The van der Waals surface area contributed by atoms with Gasteiger partial charge in [-0.25, -0.2) is 4.79 Å². The normalized spacial score (nSPS) is 11.5. The number of nitrogens with one attached hydrogen (secondary N) is 2. The van der Waals surface area contributed by atoms with Crippen molar-refractivity contribution in [2.45, 2.75) is 6.92 Å². The molecule has 0 saturated heterocycles. The highest BCUT2D eigenvalue weighted by Gasteiger charge is 2.12. The van der Waals surface area contributed by atoms with Gasteiger partial charge in [0.2, 0.25) is 0 Å². The van der Waals surface area contributed by atoms with E-state index in [1.165, 1.54) is 14.0 Å². The Balaban J connectivity index is 2.53. The summed E-state index contributed by atoms with van der Waals surface area (Å²) in [6.45, 7) is 1.55. The van der Waals surface area contributed by atoms with E-state index in [1.54, 1.807) is 18.2 Å². The Morgan fingerprint density at radius 3 is 2.68 bits per heavy atom. The summed E-state index contributed by atoms with van der Waals surface area (Å²) in [6, 6.07) is 4.30. The number of carboxylic acid groups (broad SMARTS) is 1. The monoisotopic (exact) mass is 286 g/mol. The molecular formula is C12H15ClN2O4. The van der Waals surface area contributed by atoms with Crippen LogP contribution in [0.3, 0.4) is 0 Å². The summed E-state index contributed by atoms with van der Waals surface area (Å²) in [7, 11) is 1.49. The molecule has 0 spiro atoms. The first-order chi connectivity index (χ1) is 8.93. The van der Waals surface area contributed by atoms with Gasteiger partial charge in [-0.05, 0) is 18.2 Å². The second-order valence-electron chi connectivity index (χ2n) is 3.92. The van der Waals surface area contributed by atoms with Crippen molar-refractivity contribution in [1.82, 2.24) is 5.32 Å². The van der Waals surface area contributed by atoms with Crippen LogP contribution < -0.4 is 15.4 Å². The van der Waals surface area contributed by atoms with Gasteiger partial charge in [0.05, 0.1) is 18.1 Å². The number of urea groups is 1. The van der Waals surface area contributed by atoms with Crippen molar-refractivity contribution in [2.75, 3.05) is 19.0 Å². The molecule has 3 N–H and O–H groups in total. The molecule has 19 heavy (non-hydrogen) atoms. The average Bonchev–Trinajstić information content (AvgIpc) is 2.36. The zero-order valence-electron chi connectivity index (χ0n) is 10.6. The Kier molecular flexibility index (Phi) is 5.44. The highest BCUT2D eigenvalue weighted by Crippen LogP contribution is 2.27. The zero-order valence-corrected chi connectivity index (χ0v) is 11.3. The third-order valence-electron chi connectivity index (χ3n) is 2.40. The number of benzene rings is 1. The minimum absolute atomic E-state index is 0.0467. The number of aliphatic carboxylic acids is 1. The second kappa shape index (κ2) is 6.84. The van der Waals surface area contributed by atoms with Crippen molar-refractivity contribution in [1.29, 1.82) is 0 Å². The predicted octanol–water partition coefficient (Wildman–Crippen LogP) is 2.19. The standard InChI is InChI=1S/C12H15ClN2O4/c1-7(11(16)17)6-14-12(18)15-8-3-4-10(19-2)9(13)5-8/h3-5,7H,6H2,1-2H3,(H,16,17)(H2,14,15,18). The van der Waals surface area contributed by atoms with Crippen LogP contribution in [0.4, 0.5) is 10.5 Å². The number of carbonyl (C=O) groups is 2.